The molecule has 0 spiro atoms. The smallest absolute Gasteiger partial charge is 0.148 e. The van der Waals surface area contributed by atoms with Crippen LogP contribution < -0.4 is 0 Å². The molecule has 3 nitrogen and oxygen atoms in total. The Bertz CT molecular complexity index is 361. The monoisotopic (exact) mass is 209 g/mol. The van der Waals surface area contributed by atoms with Crippen molar-refractivity contribution in [1.82, 2.24) is 9.97 Å². The van der Waals surface area contributed by atoms with Crippen molar-refractivity contribution < 1.29 is 19.5 Å². The molecular weight excluding hydrogens is 203 g/mol. The van der Waals surface area contributed by atoms with Gasteiger partial charge in [-0.25, -0.2) is 4.98 Å². The second-order valence-electron chi connectivity index (χ2n) is 2.28. The summed E-state index contributed by atoms with van der Waals surface area (Å²) >= 11 is 0. The number of aromatic amines is 1. The molecule has 2 aromatic rings. The SMILES string of the molecule is N=Cc1nc2ccccc2[nH]1.[Zn]. The van der Waals surface area contributed by atoms with E-state index in [0.29, 0.717) is 5.82 Å². The Balaban J connectivity index is 0.000000720. The molecule has 2 rings (SSSR count). The van der Waals surface area contributed by atoms with Gasteiger partial charge in [0.1, 0.15) is 5.82 Å². The fraction of sp³-hybridized carbons (Fsp3) is 0. The second-order valence-corrected chi connectivity index (χ2v) is 2.28. The largest absolute Gasteiger partial charge is 0.337 e. The van der Waals surface area contributed by atoms with Gasteiger partial charge in [-0.3, -0.25) is 0 Å². The van der Waals surface area contributed by atoms with Crippen molar-refractivity contribution in [2.45, 2.75) is 0 Å². The molecule has 0 aliphatic heterocycles. The third-order valence-electron chi connectivity index (χ3n) is 1.54. The van der Waals surface area contributed by atoms with Crippen molar-refractivity contribution in [3.63, 3.8) is 0 Å². The molecule has 1 aromatic heterocycles. The molecule has 0 atom stereocenters. The maximum Gasteiger partial charge on any atom is 0.148 e. The number of aromatic nitrogens is 2. The molecule has 0 bridgehead atoms. The van der Waals surface area contributed by atoms with Crippen LogP contribution in [0.3, 0.4) is 0 Å². The molecule has 1 aromatic carbocycles. The standard InChI is InChI=1S/C8H7N3.Zn/c9-5-8-10-6-3-1-2-4-7(6)11-8;/h1-5,9H,(H,10,11);. The number of rotatable bonds is 1. The van der Waals surface area contributed by atoms with E-state index in [9.17, 15) is 0 Å². The van der Waals surface area contributed by atoms with Crippen LogP contribution in [0.4, 0.5) is 0 Å². The molecule has 2 N–H and O–H groups in total. The minimum Gasteiger partial charge on any atom is -0.337 e. The molecule has 0 fully saturated rings. The first-order valence-corrected chi connectivity index (χ1v) is 3.35. The van der Waals surface area contributed by atoms with E-state index in [-0.39, 0.29) is 19.5 Å². The van der Waals surface area contributed by atoms with Crippen molar-refractivity contribution in [2.75, 3.05) is 0 Å². The van der Waals surface area contributed by atoms with E-state index < -0.39 is 0 Å². The normalized spacial score (nSPS) is 9.33. The minimum atomic E-state index is 0. The first-order chi connectivity index (χ1) is 5.40. The average molecular weight is 211 g/mol. The van der Waals surface area contributed by atoms with E-state index in [0.717, 1.165) is 11.0 Å². The van der Waals surface area contributed by atoms with Gasteiger partial charge in [-0.1, -0.05) is 12.1 Å². The molecule has 0 aliphatic carbocycles. The summed E-state index contributed by atoms with van der Waals surface area (Å²) in [6.07, 6.45) is 1.21. The van der Waals surface area contributed by atoms with Gasteiger partial charge in [0.2, 0.25) is 0 Å². The molecule has 1 heterocycles. The van der Waals surface area contributed by atoms with Gasteiger partial charge in [0.25, 0.3) is 0 Å². The molecule has 12 heavy (non-hydrogen) atoms. The number of nitrogens with one attached hydrogen (secondary N) is 2. The Morgan fingerprint density at radius 2 is 2.08 bits per heavy atom. The van der Waals surface area contributed by atoms with Crippen molar-refractivity contribution in [2.24, 2.45) is 0 Å². The van der Waals surface area contributed by atoms with E-state index in [4.69, 9.17) is 5.41 Å². The molecule has 0 radical (unpaired) electrons. The van der Waals surface area contributed by atoms with Gasteiger partial charge in [-0.2, -0.15) is 0 Å². The Morgan fingerprint density at radius 1 is 1.33 bits per heavy atom. The van der Waals surface area contributed by atoms with Gasteiger partial charge in [0.05, 0.1) is 17.2 Å². The number of hydrogen-bond acceptors (Lipinski definition) is 2. The predicted molar refractivity (Wildman–Crippen MR) is 44.0 cm³/mol. The van der Waals surface area contributed by atoms with Gasteiger partial charge in [0.15, 0.2) is 0 Å². The van der Waals surface area contributed by atoms with Crippen LogP contribution in [-0.2, 0) is 19.5 Å². The van der Waals surface area contributed by atoms with Crippen LogP contribution in [0.2, 0.25) is 0 Å². The maximum atomic E-state index is 6.96. The quantitative estimate of drug-likeness (QED) is 0.545. The number of para-hydroxylation sites is 2. The van der Waals surface area contributed by atoms with Gasteiger partial charge < -0.3 is 10.4 Å². The number of hydrogen-bond donors (Lipinski definition) is 2. The van der Waals surface area contributed by atoms with E-state index >= 15 is 0 Å². The Morgan fingerprint density at radius 3 is 2.75 bits per heavy atom. The molecule has 4 heteroatoms. The van der Waals surface area contributed by atoms with Crippen LogP contribution in [0, 0.1) is 5.41 Å². The van der Waals surface area contributed by atoms with Crippen molar-refractivity contribution in [3.8, 4) is 0 Å². The summed E-state index contributed by atoms with van der Waals surface area (Å²) < 4.78 is 0. The summed E-state index contributed by atoms with van der Waals surface area (Å²) in [7, 11) is 0. The second kappa shape index (κ2) is 3.59. The zero-order valence-corrected chi connectivity index (χ0v) is 9.51. The first kappa shape index (κ1) is 9.07. The molecule has 0 amide bonds. The van der Waals surface area contributed by atoms with Crippen molar-refractivity contribution in [3.05, 3.63) is 30.1 Å². The number of fused-ring (bicyclic) bond motifs is 1. The van der Waals surface area contributed by atoms with E-state index in [2.05, 4.69) is 9.97 Å². The first-order valence-electron chi connectivity index (χ1n) is 3.35. The summed E-state index contributed by atoms with van der Waals surface area (Å²) in [5, 5.41) is 6.96. The zero-order valence-electron chi connectivity index (χ0n) is 6.54. The van der Waals surface area contributed by atoms with Crippen molar-refractivity contribution >= 4 is 17.2 Å². The van der Waals surface area contributed by atoms with Crippen molar-refractivity contribution in [1.29, 1.82) is 5.41 Å². The maximum absolute atomic E-state index is 6.96. The fourth-order valence-electron chi connectivity index (χ4n) is 1.04. The average Bonchev–Trinajstić information content (AvgIpc) is 2.46. The van der Waals surface area contributed by atoms with E-state index in [1.807, 2.05) is 24.3 Å². The molecular formula is C8H7N3Zn. The Labute approximate surface area is 82.5 Å². The zero-order chi connectivity index (χ0) is 7.68. The number of nitrogens with zero attached hydrogens (tertiary/aromatic N) is 1. The van der Waals surface area contributed by atoms with Gasteiger partial charge in [-0.15, -0.1) is 0 Å². The van der Waals surface area contributed by atoms with E-state index in [1.54, 1.807) is 0 Å². The molecule has 56 valence electrons. The van der Waals surface area contributed by atoms with Gasteiger partial charge in [-0.05, 0) is 12.1 Å². The number of H-pyrrole nitrogens is 1. The topological polar surface area (TPSA) is 52.5 Å². The van der Waals surface area contributed by atoms with Crippen LogP contribution in [0.25, 0.3) is 11.0 Å². The van der Waals surface area contributed by atoms with E-state index in [1.165, 1.54) is 6.21 Å². The van der Waals surface area contributed by atoms with Crippen LogP contribution >= 0.6 is 0 Å². The van der Waals surface area contributed by atoms with Crippen LogP contribution in [-0.4, -0.2) is 16.2 Å². The summed E-state index contributed by atoms with van der Waals surface area (Å²) in [6, 6.07) is 7.72. The van der Waals surface area contributed by atoms with Crippen LogP contribution in [0.5, 0.6) is 0 Å². The minimum absolute atomic E-state index is 0. The Kier molecular flexibility index (Phi) is 2.71. The molecule has 0 unspecified atom stereocenters. The number of imidazole rings is 1. The predicted octanol–water partition coefficient (Wildman–Crippen LogP) is 1.56. The summed E-state index contributed by atoms with van der Waals surface area (Å²) in [4.78, 5) is 7.12. The summed E-state index contributed by atoms with van der Waals surface area (Å²) in [5.41, 5.74) is 1.89. The molecule has 0 saturated carbocycles. The Hall–Kier alpha value is -1.02. The van der Waals surface area contributed by atoms with Gasteiger partial charge in [0, 0.05) is 19.5 Å². The third kappa shape index (κ3) is 1.43. The molecule has 0 aliphatic rings. The fourth-order valence-corrected chi connectivity index (χ4v) is 1.04. The summed E-state index contributed by atoms with van der Waals surface area (Å²) in [6.45, 7) is 0. The van der Waals surface area contributed by atoms with Crippen LogP contribution in [0.15, 0.2) is 24.3 Å². The molecule has 0 saturated heterocycles. The van der Waals surface area contributed by atoms with Gasteiger partial charge >= 0.3 is 0 Å². The number of benzene rings is 1. The third-order valence-corrected chi connectivity index (χ3v) is 1.54. The van der Waals surface area contributed by atoms with Crippen LogP contribution in [0.1, 0.15) is 5.82 Å². The summed E-state index contributed by atoms with van der Waals surface area (Å²) in [5.74, 6) is 0.603.